The molecule has 0 aromatic heterocycles. The number of benzene rings is 1. The molecule has 0 radical (unpaired) electrons. The zero-order valence-corrected chi connectivity index (χ0v) is 11.3. The molecule has 1 aromatic rings. The molecule has 0 bridgehead atoms. The largest absolute Gasteiger partial charge is 0.314 e. The van der Waals surface area contributed by atoms with E-state index in [9.17, 15) is 4.39 Å². The number of nitrogens with one attached hydrogen (secondary N) is 1. The van der Waals surface area contributed by atoms with Crippen molar-refractivity contribution in [3.05, 3.63) is 35.6 Å². The van der Waals surface area contributed by atoms with E-state index in [0.717, 1.165) is 18.5 Å². The Morgan fingerprint density at radius 3 is 2.35 bits per heavy atom. The van der Waals surface area contributed by atoms with Gasteiger partial charge in [0.05, 0.1) is 0 Å². The fraction of sp³-hybridized carbons (Fsp3) is 0.600. The summed E-state index contributed by atoms with van der Waals surface area (Å²) in [7, 11) is 0. The average molecular weight is 237 g/mol. The Hall–Kier alpha value is -0.890. The van der Waals surface area contributed by atoms with Crippen molar-refractivity contribution >= 4 is 0 Å². The van der Waals surface area contributed by atoms with Gasteiger partial charge >= 0.3 is 0 Å². The molecule has 0 saturated heterocycles. The van der Waals surface area contributed by atoms with E-state index in [2.05, 4.69) is 33.0 Å². The fourth-order valence-electron chi connectivity index (χ4n) is 1.69. The minimum atomic E-state index is -0.0990. The summed E-state index contributed by atoms with van der Waals surface area (Å²) in [5, 5.41) is 3.47. The Labute approximate surface area is 104 Å². The summed E-state index contributed by atoms with van der Waals surface area (Å²) in [6.45, 7) is 9.81. The van der Waals surface area contributed by atoms with Gasteiger partial charge in [0.2, 0.25) is 0 Å². The van der Waals surface area contributed by atoms with Crippen molar-refractivity contribution in [2.45, 2.75) is 40.2 Å². The van der Waals surface area contributed by atoms with Crippen LogP contribution in [0.25, 0.3) is 0 Å². The van der Waals surface area contributed by atoms with E-state index < -0.39 is 0 Å². The highest BCUT2D eigenvalue weighted by molar-refractivity contribution is 5.18. The van der Waals surface area contributed by atoms with Crippen LogP contribution in [0.4, 0.5) is 4.39 Å². The summed E-state index contributed by atoms with van der Waals surface area (Å²) in [4.78, 5) is 0. The van der Waals surface area contributed by atoms with Gasteiger partial charge in [-0.05, 0) is 43.4 Å². The Balaban J connectivity index is 2.40. The Morgan fingerprint density at radius 1 is 1.12 bits per heavy atom. The number of hydrogen-bond donors (Lipinski definition) is 1. The lowest BCUT2D eigenvalue weighted by atomic mass is 9.97. The second-order valence-corrected chi connectivity index (χ2v) is 5.33. The monoisotopic (exact) mass is 237 g/mol. The third-order valence-electron chi connectivity index (χ3n) is 3.41. The van der Waals surface area contributed by atoms with E-state index >= 15 is 0 Å². The number of rotatable bonds is 6. The van der Waals surface area contributed by atoms with Crippen molar-refractivity contribution in [3.63, 3.8) is 0 Å². The lowest BCUT2D eigenvalue weighted by Crippen LogP contribution is -2.33. The summed E-state index contributed by atoms with van der Waals surface area (Å²) in [6, 6.07) is 7.32. The van der Waals surface area contributed by atoms with Crippen LogP contribution < -0.4 is 5.32 Å². The molecule has 0 spiro atoms. The van der Waals surface area contributed by atoms with Crippen LogP contribution in [-0.2, 0) is 6.42 Å². The van der Waals surface area contributed by atoms with Crippen LogP contribution in [0.1, 0.15) is 33.3 Å². The van der Waals surface area contributed by atoms with Crippen LogP contribution in [-0.4, -0.2) is 12.6 Å². The normalized spacial score (nSPS) is 14.9. The van der Waals surface area contributed by atoms with Gasteiger partial charge in [0, 0.05) is 6.04 Å². The molecule has 0 aliphatic rings. The molecule has 0 aliphatic carbocycles. The van der Waals surface area contributed by atoms with E-state index in [-0.39, 0.29) is 5.82 Å². The van der Waals surface area contributed by atoms with Crippen molar-refractivity contribution < 1.29 is 4.39 Å². The first-order valence-electron chi connectivity index (χ1n) is 6.47. The molecule has 0 amide bonds. The smallest absolute Gasteiger partial charge is 0.126 e. The van der Waals surface area contributed by atoms with Gasteiger partial charge in [0.1, 0.15) is 5.82 Å². The van der Waals surface area contributed by atoms with E-state index in [0.29, 0.717) is 17.9 Å². The molecule has 0 heterocycles. The molecule has 2 atom stereocenters. The molecular weight excluding hydrogens is 213 g/mol. The lowest BCUT2D eigenvalue weighted by molar-refractivity contribution is 0.371. The first-order chi connectivity index (χ1) is 8.00. The summed E-state index contributed by atoms with van der Waals surface area (Å²) in [5.74, 6) is 1.24. The third-order valence-corrected chi connectivity index (χ3v) is 3.41. The second kappa shape index (κ2) is 6.75. The summed E-state index contributed by atoms with van der Waals surface area (Å²) < 4.78 is 13.4. The highest BCUT2D eigenvalue weighted by atomic mass is 19.1. The van der Waals surface area contributed by atoms with Gasteiger partial charge in [-0.1, -0.05) is 39.0 Å². The highest BCUT2D eigenvalue weighted by Gasteiger charge is 2.10. The molecule has 2 heteroatoms. The fourth-order valence-corrected chi connectivity index (χ4v) is 1.69. The summed E-state index contributed by atoms with van der Waals surface area (Å²) in [5.41, 5.74) is 0.796. The van der Waals surface area contributed by atoms with E-state index in [1.807, 2.05) is 12.1 Å². The first-order valence-corrected chi connectivity index (χ1v) is 6.47. The van der Waals surface area contributed by atoms with Crippen LogP contribution in [0.5, 0.6) is 0 Å². The zero-order chi connectivity index (χ0) is 12.8. The third kappa shape index (κ3) is 4.86. The van der Waals surface area contributed by atoms with Crippen LogP contribution >= 0.6 is 0 Å². The van der Waals surface area contributed by atoms with Crippen molar-refractivity contribution in [1.29, 1.82) is 0 Å². The van der Waals surface area contributed by atoms with Gasteiger partial charge in [-0.3, -0.25) is 0 Å². The van der Waals surface area contributed by atoms with Crippen LogP contribution in [0.3, 0.4) is 0 Å². The quantitative estimate of drug-likeness (QED) is 0.796. The molecular formula is C15H24FN. The molecule has 1 aromatic carbocycles. The van der Waals surface area contributed by atoms with Gasteiger partial charge in [-0.15, -0.1) is 0 Å². The molecule has 1 N–H and O–H groups in total. The Kier molecular flexibility index (Phi) is 5.63. The highest BCUT2D eigenvalue weighted by Crippen LogP contribution is 2.11. The maximum absolute atomic E-state index is 13.4. The minimum Gasteiger partial charge on any atom is -0.314 e. The van der Waals surface area contributed by atoms with Gasteiger partial charge in [-0.2, -0.15) is 0 Å². The van der Waals surface area contributed by atoms with E-state index in [4.69, 9.17) is 0 Å². The van der Waals surface area contributed by atoms with Gasteiger partial charge in [-0.25, -0.2) is 4.39 Å². The topological polar surface area (TPSA) is 12.0 Å². The maximum atomic E-state index is 13.4. The molecule has 0 fully saturated rings. The molecule has 1 nitrogen and oxygen atoms in total. The van der Waals surface area contributed by atoms with Gasteiger partial charge in [0.25, 0.3) is 0 Å². The van der Waals surface area contributed by atoms with E-state index in [1.54, 1.807) is 6.07 Å². The van der Waals surface area contributed by atoms with Gasteiger partial charge < -0.3 is 5.32 Å². The van der Waals surface area contributed by atoms with Crippen LogP contribution in [0.15, 0.2) is 24.3 Å². The summed E-state index contributed by atoms with van der Waals surface area (Å²) >= 11 is 0. The second-order valence-electron chi connectivity index (χ2n) is 5.33. The molecule has 96 valence electrons. The number of hydrogen-bond acceptors (Lipinski definition) is 1. The molecule has 17 heavy (non-hydrogen) atoms. The Bertz CT molecular complexity index is 335. The van der Waals surface area contributed by atoms with Crippen molar-refractivity contribution in [2.75, 3.05) is 6.54 Å². The van der Waals surface area contributed by atoms with Crippen molar-refractivity contribution in [1.82, 2.24) is 5.32 Å². The SMILES string of the molecule is CC(Cc1ccccc1F)NCC(C)C(C)C. The van der Waals surface area contributed by atoms with Crippen LogP contribution in [0.2, 0.25) is 0 Å². The predicted octanol–water partition coefficient (Wildman–Crippen LogP) is 3.64. The van der Waals surface area contributed by atoms with E-state index in [1.165, 1.54) is 6.07 Å². The van der Waals surface area contributed by atoms with Gasteiger partial charge in [0.15, 0.2) is 0 Å². The minimum absolute atomic E-state index is 0.0990. The molecule has 0 aliphatic heterocycles. The predicted molar refractivity (Wildman–Crippen MR) is 71.6 cm³/mol. The zero-order valence-electron chi connectivity index (χ0n) is 11.3. The maximum Gasteiger partial charge on any atom is 0.126 e. The number of halogens is 1. The lowest BCUT2D eigenvalue weighted by Gasteiger charge is -2.20. The van der Waals surface area contributed by atoms with Crippen molar-refractivity contribution in [3.8, 4) is 0 Å². The first kappa shape index (κ1) is 14.2. The molecule has 0 saturated carbocycles. The average Bonchev–Trinajstić information content (AvgIpc) is 2.29. The van der Waals surface area contributed by atoms with Crippen LogP contribution in [0, 0.1) is 17.7 Å². The van der Waals surface area contributed by atoms with Crippen molar-refractivity contribution in [2.24, 2.45) is 11.8 Å². The summed E-state index contributed by atoms with van der Waals surface area (Å²) in [6.07, 6.45) is 0.748. The standard InChI is InChI=1S/C15H24FN/c1-11(2)12(3)10-17-13(4)9-14-7-5-6-8-15(14)16/h5-8,11-13,17H,9-10H2,1-4H3. The molecule has 1 rings (SSSR count). The Morgan fingerprint density at radius 2 is 1.76 bits per heavy atom. The molecule has 2 unspecified atom stereocenters.